The van der Waals surface area contributed by atoms with Crippen molar-refractivity contribution in [3.8, 4) is 11.5 Å². The van der Waals surface area contributed by atoms with E-state index in [1.165, 1.54) is 12.1 Å². The quantitative estimate of drug-likeness (QED) is 0.907. The van der Waals surface area contributed by atoms with Gasteiger partial charge in [-0.3, -0.25) is 0 Å². The van der Waals surface area contributed by atoms with Gasteiger partial charge in [-0.05, 0) is 19.1 Å². The first-order chi connectivity index (χ1) is 9.95. The van der Waals surface area contributed by atoms with Crippen LogP contribution in [0.4, 0.5) is 26.2 Å². The number of nitrogens with zero attached hydrogens (tertiary/aromatic N) is 2. The number of ether oxygens (including phenoxy) is 2. The Bertz CT molecular complexity index is 694. The zero-order valence-corrected chi connectivity index (χ0v) is 11.3. The molecule has 6 nitrogen and oxygen atoms in total. The molecule has 0 radical (unpaired) electrons. The number of aromatic nitrogens is 2. The van der Waals surface area contributed by atoms with E-state index in [1.807, 2.05) is 6.92 Å². The van der Waals surface area contributed by atoms with E-state index in [0.717, 1.165) is 5.69 Å². The van der Waals surface area contributed by atoms with Gasteiger partial charge in [-0.15, -0.1) is 8.78 Å². The summed E-state index contributed by atoms with van der Waals surface area (Å²) in [5.74, 6) is 0.979. The summed E-state index contributed by atoms with van der Waals surface area (Å²) >= 11 is 0. The molecule has 110 valence electrons. The van der Waals surface area contributed by atoms with Crippen molar-refractivity contribution >= 4 is 17.5 Å². The molecule has 0 atom stereocenters. The van der Waals surface area contributed by atoms with Gasteiger partial charge in [-0.2, -0.15) is 4.98 Å². The first-order valence-electron chi connectivity index (χ1n) is 6.15. The van der Waals surface area contributed by atoms with Crippen molar-refractivity contribution in [3.05, 3.63) is 30.0 Å². The van der Waals surface area contributed by atoms with E-state index in [0.29, 0.717) is 17.5 Å². The van der Waals surface area contributed by atoms with Gasteiger partial charge in [-0.25, -0.2) is 4.98 Å². The molecule has 0 bridgehead atoms. The van der Waals surface area contributed by atoms with Gasteiger partial charge in [0.2, 0.25) is 5.95 Å². The maximum absolute atomic E-state index is 13.0. The molecule has 0 saturated heterocycles. The Kier molecular flexibility index (Phi) is 3.00. The zero-order valence-electron chi connectivity index (χ0n) is 11.3. The summed E-state index contributed by atoms with van der Waals surface area (Å²) < 4.78 is 34.6. The van der Waals surface area contributed by atoms with Crippen molar-refractivity contribution in [2.45, 2.75) is 13.2 Å². The Balaban J connectivity index is 1.85. The molecule has 1 aromatic heterocycles. The van der Waals surface area contributed by atoms with Crippen molar-refractivity contribution in [2.75, 3.05) is 17.7 Å². The number of halogens is 2. The fourth-order valence-electron chi connectivity index (χ4n) is 1.92. The molecule has 1 aliphatic rings. The minimum absolute atomic E-state index is 0.000307. The van der Waals surface area contributed by atoms with Gasteiger partial charge < -0.3 is 20.1 Å². The number of alkyl halides is 2. The average molecular weight is 294 g/mol. The lowest BCUT2D eigenvalue weighted by Gasteiger charge is -2.08. The SMILES string of the molecule is CNc1nc(C)cc(Nc2ccc3c(c2)OC(F)(F)O3)n1. The van der Waals surface area contributed by atoms with Crippen molar-refractivity contribution in [1.29, 1.82) is 0 Å². The standard InChI is InChI=1S/C13H12F2N4O2/c1-7-5-11(19-12(16-2)17-7)18-8-3-4-9-10(6-8)21-13(14,15)20-9/h3-6H,1-2H3,(H2,16,17,18,19). The number of nitrogens with one attached hydrogen (secondary N) is 2. The number of hydrogen-bond donors (Lipinski definition) is 2. The number of hydrogen-bond acceptors (Lipinski definition) is 6. The third-order valence-electron chi connectivity index (χ3n) is 2.75. The molecule has 1 aliphatic heterocycles. The maximum atomic E-state index is 13.0. The number of benzene rings is 1. The molecule has 2 N–H and O–H groups in total. The fourth-order valence-corrected chi connectivity index (χ4v) is 1.92. The van der Waals surface area contributed by atoms with Crippen molar-refractivity contribution in [1.82, 2.24) is 9.97 Å². The van der Waals surface area contributed by atoms with Crippen LogP contribution in [-0.2, 0) is 0 Å². The van der Waals surface area contributed by atoms with E-state index < -0.39 is 6.29 Å². The van der Waals surface area contributed by atoms with Gasteiger partial charge in [0.15, 0.2) is 11.5 Å². The lowest BCUT2D eigenvalue weighted by Crippen LogP contribution is -2.25. The van der Waals surface area contributed by atoms with Crippen molar-refractivity contribution in [3.63, 3.8) is 0 Å². The molecule has 0 saturated carbocycles. The molecule has 2 heterocycles. The number of rotatable bonds is 3. The summed E-state index contributed by atoms with van der Waals surface area (Å²) in [4.78, 5) is 8.38. The number of fused-ring (bicyclic) bond motifs is 1. The van der Waals surface area contributed by atoms with E-state index in [-0.39, 0.29) is 11.5 Å². The summed E-state index contributed by atoms with van der Waals surface area (Å²) in [7, 11) is 1.71. The van der Waals surface area contributed by atoms with Crippen LogP contribution in [0.5, 0.6) is 11.5 Å². The molecular formula is C13H12F2N4O2. The topological polar surface area (TPSA) is 68.3 Å². The largest absolute Gasteiger partial charge is 0.586 e. The number of anilines is 3. The molecule has 0 spiro atoms. The molecule has 2 aromatic rings. The molecule has 0 amide bonds. The summed E-state index contributed by atoms with van der Waals surface area (Å²) in [6.07, 6.45) is -3.62. The van der Waals surface area contributed by atoms with Crippen LogP contribution in [-0.4, -0.2) is 23.3 Å². The first-order valence-corrected chi connectivity index (χ1v) is 6.15. The summed E-state index contributed by atoms with van der Waals surface area (Å²) in [6.45, 7) is 1.83. The van der Waals surface area contributed by atoms with E-state index in [2.05, 4.69) is 30.1 Å². The lowest BCUT2D eigenvalue weighted by atomic mass is 10.2. The maximum Gasteiger partial charge on any atom is 0.586 e. The highest BCUT2D eigenvalue weighted by molar-refractivity contribution is 5.62. The van der Waals surface area contributed by atoms with Gasteiger partial charge in [-0.1, -0.05) is 0 Å². The van der Waals surface area contributed by atoms with Gasteiger partial charge in [0, 0.05) is 30.6 Å². The minimum atomic E-state index is -3.62. The minimum Gasteiger partial charge on any atom is -0.395 e. The van der Waals surface area contributed by atoms with E-state index >= 15 is 0 Å². The van der Waals surface area contributed by atoms with Crippen LogP contribution in [0.3, 0.4) is 0 Å². The predicted octanol–water partition coefficient (Wildman–Crippen LogP) is 2.89. The molecule has 0 unspecified atom stereocenters. The lowest BCUT2D eigenvalue weighted by molar-refractivity contribution is -0.286. The molecule has 0 fully saturated rings. The Labute approximate surface area is 119 Å². The Hall–Kier alpha value is -2.64. The van der Waals surface area contributed by atoms with E-state index in [1.54, 1.807) is 19.2 Å². The van der Waals surface area contributed by atoms with Crippen LogP contribution in [0.2, 0.25) is 0 Å². The Morgan fingerprint density at radius 3 is 2.62 bits per heavy atom. The van der Waals surface area contributed by atoms with Gasteiger partial charge in [0.05, 0.1) is 0 Å². The Morgan fingerprint density at radius 2 is 1.86 bits per heavy atom. The van der Waals surface area contributed by atoms with Crippen LogP contribution in [0.1, 0.15) is 5.69 Å². The van der Waals surface area contributed by atoms with Gasteiger partial charge in [0.1, 0.15) is 5.82 Å². The molecule has 1 aromatic carbocycles. The predicted molar refractivity (Wildman–Crippen MR) is 72.2 cm³/mol. The molecular weight excluding hydrogens is 282 g/mol. The molecule has 21 heavy (non-hydrogen) atoms. The van der Waals surface area contributed by atoms with Crippen LogP contribution >= 0.6 is 0 Å². The third kappa shape index (κ3) is 2.78. The monoisotopic (exact) mass is 294 g/mol. The van der Waals surface area contributed by atoms with Crippen LogP contribution in [0.15, 0.2) is 24.3 Å². The van der Waals surface area contributed by atoms with E-state index in [9.17, 15) is 8.78 Å². The molecule has 8 heteroatoms. The highest BCUT2D eigenvalue weighted by atomic mass is 19.3. The van der Waals surface area contributed by atoms with Crippen LogP contribution in [0, 0.1) is 6.92 Å². The second-order valence-corrected chi connectivity index (χ2v) is 4.42. The third-order valence-corrected chi connectivity index (χ3v) is 2.75. The summed E-state index contributed by atoms with van der Waals surface area (Å²) in [5.41, 5.74) is 1.32. The van der Waals surface area contributed by atoms with Gasteiger partial charge in [0.25, 0.3) is 0 Å². The fraction of sp³-hybridized carbons (Fsp3) is 0.231. The van der Waals surface area contributed by atoms with Crippen LogP contribution < -0.4 is 20.1 Å². The zero-order chi connectivity index (χ0) is 15.0. The van der Waals surface area contributed by atoms with Crippen molar-refractivity contribution < 1.29 is 18.3 Å². The normalized spacial score (nSPS) is 14.9. The van der Waals surface area contributed by atoms with Crippen molar-refractivity contribution in [2.24, 2.45) is 0 Å². The summed E-state index contributed by atoms with van der Waals surface area (Å²) in [6, 6.07) is 6.17. The second kappa shape index (κ2) is 4.72. The van der Waals surface area contributed by atoms with Crippen LogP contribution in [0.25, 0.3) is 0 Å². The second-order valence-electron chi connectivity index (χ2n) is 4.42. The molecule has 3 rings (SSSR count). The average Bonchev–Trinajstić information content (AvgIpc) is 2.71. The van der Waals surface area contributed by atoms with Gasteiger partial charge >= 0.3 is 6.29 Å². The Morgan fingerprint density at radius 1 is 1.10 bits per heavy atom. The smallest absolute Gasteiger partial charge is 0.395 e. The number of aryl methyl sites for hydroxylation is 1. The highest BCUT2D eigenvalue weighted by Crippen LogP contribution is 2.42. The van der Waals surface area contributed by atoms with E-state index in [4.69, 9.17) is 0 Å². The first kappa shape index (κ1) is 13.3. The summed E-state index contributed by atoms with van der Waals surface area (Å²) in [5, 5.41) is 5.85. The highest BCUT2D eigenvalue weighted by Gasteiger charge is 2.43. The molecule has 0 aliphatic carbocycles.